The third kappa shape index (κ3) is 4.32. The van der Waals surface area contributed by atoms with E-state index in [0.29, 0.717) is 18.7 Å². The second kappa shape index (κ2) is 7.60. The summed E-state index contributed by atoms with van der Waals surface area (Å²) in [4.78, 5) is 2.03. The lowest BCUT2D eigenvalue weighted by atomic mass is 10.1. The molecule has 2 rings (SSSR count). The van der Waals surface area contributed by atoms with Crippen molar-refractivity contribution in [1.82, 2.24) is 4.90 Å². The fraction of sp³-hybridized carbons (Fsp3) is 0.278. The topological polar surface area (TPSA) is 56.5 Å². The number of nitrogens with zero attached hydrogens (tertiary/aromatic N) is 2. The van der Waals surface area contributed by atoms with Gasteiger partial charge in [0.2, 0.25) is 0 Å². The molecule has 0 fully saturated rings. The third-order valence-electron chi connectivity index (χ3n) is 3.47. The van der Waals surface area contributed by atoms with E-state index in [1.54, 1.807) is 13.2 Å². The summed E-state index contributed by atoms with van der Waals surface area (Å²) < 4.78 is 5.18. The van der Waals surface area contributed by atoms with Gasteiger partial charge in [-0.3, -0.25) is 4.90 Å². The van der Waals surface area contributed by atoms with Crippen molar-refractivity contribution in [3.05, 3.63) is 65.2 Å². The molecule has 22 heavy (non-hydrogen) atoms. The first-order valence-corrected chi connectivity index (χ1v) is 7.12. The average Bonchev–Trinajstić information content (AvgIpc) is 2.54. The number of nitriles is 1. The zero-order valence-corrected chi connectivity index (χ0v) is 12.9. The van der Waals surface area contributed by atoms with Crippen molar-refractivity contribution in [2.75, 3.05) is 20.7 Å². The first-order chi connectivity index (χ1) is 10.6. The molecular weight excluding hydrogens is 276 g/mol. The van der Waals surface area contributed by atoms with Crippen LogP contribution < -0.4 is 4.74 Å². The Kier molecular flexibility index (Phi) is 5.54. The SMILES string of the molecule is COc1cccc(C(O)CN(C)Cc2cccc(C#N)c2)c1. The van der Waals surface area contributed by atoms with E-state index in [9.17, 15) is 5.11 Å². The Morgan fingerprint density at radius 1 is 1.23 bits per heavy atom. The minimum Gasteiger partial charge on any atom is -0.497 e. The lowest BCUT2D eigenvalue weighted by Crippen LogP contribution is -2.24. The molecule has 4 nitrogen and oxygen atoms in total. The van der Waals surface area contributed by atoms with Crippen molar-refractivity contribution in [3.63, 3.8) is 0 Å². The van der Waals surface area contributed by atoms with Gasteiger partial charge in [-0.25, -0.2) is 0 Å². The predicted octanol–water partition coefficient (Wildman–Crippen LogP) is 2.73. The van der Waals surface area contributed by atoms with E-state index < -0.39 is 6.10 Å². The number of likely N-dealkylation sites (N-methyl/N-ethyl adjacent to an activating group) is 1. The molecule has 0 saturated heterocycles. The van der Waals surface area contributed by atoms with Crippen molar-refractivity contribution in [3.8, 4) is 11.8 Å². The Hall–Kier alpha value is -2.35. The Labute approximate surface area is 131 Å². The fourth-order valence-electron chi connectivity index (χ4n) is 2.36. The van der Waals surface area contributed by atoms with Gasteiger partial charge in [0.05, 0.1) is 24.8 Å². The molecule has 114 valence electrons. The number of hydrogen-bond donors (Lipinski definition) is 1. The van der Waals surface area contributed by atoms with Crippen LogP contribution in [0.15, 0.2) is 48.5 Å². The van der Waals surface area contributed by atoms with Crippen molar-refractivity contribution < 1.29 is 9.84 Å². The summed E-state index contributed by atoms with van der Waals surface area (Å²) in [7, 11) is 3.56. The number of methoxy groups -OCH3 is 1. The second-order valence-corrected chi connectivity index (χ2v) is 5.30. The van der Waals surface area contributed by atoms with Crippen LogP contribution in [0.2, 0.25) is 0 Å². The van der Waals surface area contributed by atoms with E-state index in [1.807, 2.05) is 54.4 Å². The molecule has 0 bridgehead atoms. The molecule has 1 unspecified atom stereocenters. The minimum absolute atomic E-state index is 0.504. The molecule has 0 radical (unpaired) electrons. The molecule has 1 N–H and O–H groups in total. The fourth-order valence-corrected chi connectivity index (χ4v) is 2.36. The molecule has 0 aliphatic rings. The molecule has 2 aromatic rings. The van der Waals surface area contributed by atoms with Crippen LogP contribution in [-0.4, -0.2) is 30.7 Å². The summed E-state index contributed by atoms with van der Waals surface area (Å²) in [6.07, 6.45) is -0.584. The maximum Gasteiger partial charge on any atom is 0.119 e. The van der Waals surface area contributed by atoms with Gasteiger partial charge >= 0.3 is 0 Å². The van der Waals surface area contributed by atoms with E-state index in [0.717, 1.165) is 16.9 Å². The van der Waals surface area contributed by atoms with Gasteiger partial charge in [-0.05, 0) is 42.4 Å². The molecule has 0 aliphatic heterocycles. The molecule has 0 saturated carbocycles. The summed E-state index contributed by atoms with van der Waals surface area (Å²) in [6, 6.07) is 17.1. The first-order valence-electron chi connectivity index (χ1n) is 7.12. The predicted molar refractivity (Wildman–Crippen MR) is 85.4 cm³/mol. The molecular formula is C18H20N2O2. The Balaban J connectivity index is 1.98. The highest BCUT2D eigenvalue weighted by Crippen LogP contribution is 2.20. The normalized spacial score (nSPS) is 12.0. The molecule has 4 heteroatoms. The van der Waals surface area contributed by atoms with Crippen LogP contribution in [0.5, 0.6) is 5.75 Å². The molecule has 0 aliphatic carbocycles. The molecule has 2 aromatic carbocycles. The molecule has 0 amide bonds. The highest BCUT2D eigenvalue weighted by molar-refractivity contribution is 5.33. The Morgan fingerprint density at radius 3 is 2.73 bits per heavy atom. The van der Waals surface area contributed by atoms with Gasteiger partial charge in [0.15, 0.2) is 0 Å². The summed E-state index contributed by atoms with van der Waals surface area (Å²) in [5.74, 6) is 0.737. The van der Waals surface area contributed by atoms with Crippen molar-refractivity contribution >= 4 is 0 Å². The summed E-state index contributed by atoms with van der Waals surface area (Å²) in [5.41, 5.74) is 2.54. The Bertz CT molecular complexity index is 664. The van der Waals surface area contributed by atoms with Crippen molar-refractivity contribution in [2.45, 2.75) is 12.6 Å². The van der Waals surface area contributed by atoms with Crippen molar-refractivity contribution in [2.24, 2.45) is 0 Å². The van der Waals surface area contributed by atoms with Gasteiger partial charge in [-0.2, -0.15) is 5.26 Å². The molecule has 0 spiro atoms. The largest absolute Gasteiger partial charge is 0.497 e. The van der Waals surface area contributed by atoms with E-state index in [1.165, 1.54) is 0 Å². The Morgan fingerprint density at radius 2 is 2.00 bits per heavy atom. The molecule has 0 heterocycles. The van der Waals surface area contributed by atoms with Crippen LogP contribution in [0.25, 0.3) is 0 Å². The molecule has 0 aromatic heterocycles. The van der Waals surface area contributed by atoms with Crippen LogP contribution >= 0.6 is 0 Å². The second-order valence-electron chi connectivity index (χ2n) is 5.30. The van der Waals surface area contributed by atoms with Gasteiger partial charge in [-0.1, -0.05) is 24.3 Å². The monoisotopic (exact) mass is 296 g/mol. The number of benzene rings is 2. The van der Waals surface area contributed by atoms with Crippen LogP contribution in [0.3, 0.4) is 0 Å². The van der Waals surface area contributed by atoms with E-state index in [4.69, 9.17) is 10.00 Å². The van der Waals surface area contributed by atoms with Crippen LogP contribution in [0.4, 0.5) is 0 Å². The van der Waals surface area contributed by atoms with E-state index >= 15 is 0 Å². The van der Waals surface area contributed by atoms with Gasteiger partial charge in [0.1, 0.15) is 5.75 Å². The number of aliphatic hydroxyl groups is 1. The number of rotatable bonds is 6. The van der Waals surface area contributed by atoms with Gasteiger partial charge < -0.3 is 9.84 Å². The molecule has 1 atom stereocenters. The summed E-state index contributed by atoms with van der Waals surface area (Å²) in [5, 5.41) is 19.3. The number of ether oxygens (including phenoxy) is 1. The number of hydrogen-bond acceptors (Lipinski definition) is 4. The first kappa shape index (κ1) is 16.0. The van der Waals surface area contributed by atoms with Gasteiger partial charge in [0.25, 0.3) is 0 Å². The zero-order valence-electron chi connectivity index (χ0n) is 12.9. The zero-order chi connectivity index (χ0) is 15.9. The smallest absolute Gasteiger partial charge is 0.119 e. The summed E-state index contributed by atoms with van der Waals surface area (Å²) in [6.45, 7) is 1.18. The minimum atomic E-state index is -0.584. The lowest BCUT2D eigenvalue weighted by molar-refractivity contribution is 0.123. The summed E-state index contributed by atoms with van der Waals surface area (Å²) >= 11 is 0. The van der Waals surface area contributed by atoms with Crippen LogP contribution in [0.1, 0.15) is 22.8 Å². The van der Waals surface area contributed by atoms with Gasteiger partial charge in [-0.15, -0.1) is 0 Å². The van der Waals surface area contributed by atoms with Crippen molar-refractivity contribution in [1.29, 1.82) is 5.26 Å². The average molecular weight is 296 g/mol. The maximum absolute atomic E-state index is 10.3. The third-order valence-corrected chi connectivity index (χ3v) is 3.47. The van der Waals surface area contributed by atoms with Gasteiger partial charge in [0, 0.05) is 13.1 Å². The van der Waals surface area contributed by atoms with E-state index in [-0.39, 0.29) is 0 Å². The standard InChI is InChI=1S/C18H20N2O2/c1-20(12-15-6-3-5-14(9-15)11-19)13-18(21)16-7-4-8-17(10-16)22-2/h3-10,18,21H,12-13H2,1-2H3. The lowest BCUT2D eigenvalue weighted by Gasteiger charge is -2.21. The number of aliphatic hydroxyl groups excluding tert-OH is 1. The highest BCUT2D eigenvalue weighted by atomic mass is 16.5. The van der Waals surface area contributed by atoms with Crippen LogP contribution in [-0.2, 0) is 6.54 Å². The maximum atomic E-state index is 10.3. The highest BCUT2D eigenvalue weighted by Gasteiger charge is 2.12. The van der Waals surface area contributed by atoms with E-state index in [2.05, 4.69) is 6.07 Å². The quantitative estimate of drug-likeness (QED) is 0.890. The van der Waals surface area contributed by atoms with Crippen LogP contribution in [0, 0.1) is 11.3 Å².